The monoisotopic (exact) mass is 350 g/mol. The molecule has 1 aromatic rings. The van der Waals surface area contributed by atoms with Crippen molar-refractivity contribution in [3.8, 4) is 11.5 Å². The van der Waals surface area contributed by atoms with Crippen LogP contribution >= 0.6 is 12.2 Å². The number of hydrogen-bond acceptors (Lipinski definition) is 5. The first-order chi connectivity index (χ1) is 11.1. The number of benzene rings is 1. The molecule has 1 atom stereocenters. The number of carbonyl (C=O) groups is 1. The molecule has 3 N–H and O–H groups in total. The molecule has 1 aliphatic rings. The Morgan fingerprint density at radius 1 is 1.33 bits per heavy atom. The number of phenolic OH excluding ortho intramolecular Hbond substituents is 1. The van der Waals surface area contributed by atoms with Crippen LogP contribution in [0.15, 0.2) is 29.5 Å². The van der Waals surface area contributed by atoms with Crippen molar-refractivity contribution in [3.05, 3.63) is 35.0 Å². The highest BCUT2D eigenvalue weighted by Gasteiger charge is 2.33. The van der Waals surface area contributed by atoms with Crippen molar-refractivity contribution in [1.29, 1.82) is 0 Å². The van der Waals surface area contributed by atoms with Gasteiger partial charge in [-0.25, -0.2) is 4.79 Å². The molecule has 0 aliphatic carbocycles. The SMILES string of the molecule is COc1cc([C@@H]2NC(=S)NC(C)=C2C(=O)OC(C)(C)C)ccc1O. The van der Waals surface area contributed by atoms with Crippen LogP contribution in [-0.2, 0) is 9.53 Å². The molecule has 24 heavy (non-hydrogen) atoms. The second-order valence-electron chi connectivity index (χ2n) is 6.50. The van der Waals surface area contributed by atoms with Crippen molar-refractivity contribution in [2.75, 3.05) is 7.11 Å². The van der Waals surface area contributed by atoms with Crippen molar-refractivity contribution >= 4 is 23.3 Å². The maximum atomic E-state index is 12.7. The molecule has 1 aliphatic heterocycles. The lowest BCUT2D eigenvalue weighted by Gasteiger charge is -2.31. The zero-order valence-corrected chi connectivity index (χ0v) is 15.2. The van der Waals surface area contributed by atoms with Crippen molar-refractivity contribution < 1.29 is 19.4 Å². The average molecular weight is 350 g/mol. The molecule has 0 bridgehead atoms. The maximum absolute atomic E-state index is 12.7. The fourth-order valence-corrected chi connectivity index (χ4v) is 2.69. The van der Waals surface area contributed by atoms with Gasteiger partial charge in [-0.1, -0.05) is 6.07 Å². The van der Waals surface area contributed by atoms with Crippen LogP contribution in [0.1, 0.15) is 39.3 Å². The van der Waals surface area contributed by atoms with Gasteiger partial charge in [0.15, 0.2) is 16.6 Å². The summed E-state index contributed by atoms with van der Waals surface area (Å²) >= 11 is 5.21. The topological polar surface area (TPSA) is 79.8 Å². The van der Waals surface area contributed by atoms with E-state index in [0.717, 1.165) is 5.56 Å². The molecule has 0 fully saturated rings. The summed E-state index contributed by atoms with van der Waals surface area (Å²) < 4.78 is 10.7. The van der Waals surface area contributed by atoms with Gasteiger partial charge in [0.05, 0.1) is 18.7 Å². The van der Waals surface area contributed by atoms with Crippen LogP contribution < -0.4 is 15.4 Å². The molecule has 0 amide bonds. The number of methoxy groups -OCH3 is 1. The summed E-state index contributed by atoms with van der Waals surface area (Å²) in [6.45, 7) is 7.21. The second-order valence-corrected chi connectivity index (χ2v) is 6.91. The predicted octanol–water partition coefficient (Wildman–Crippen LogP) is 2.54. The van der Waals surface area contributed by atoms with Crippen LogP contribution in [-0.4, -0.2) is 28.9 Å². The first-order valence-corrected chi connectivity index (χ1v) is 7.91. The number of aromatic hydroxyl groups is 1. The predicted molar refractivity (Wildman–Crippen MR) is 94.8 cm³/mol. The Morgan fingerprint density at radius 2 is 2.00 bits per heavy atom. The molecule has 0 unspecified atom stereocenters. The smallest absolute Gasteiger partial charge is 0.338 e. The molecule has 0 radical (unpaired) electrons. The van der Waals surface area contributed by atoms with Gasteiger partial charge in [-0.15, -0.1) is 0 Å². The van der Waals surface area contributed by atoms with E-state index in [1.807, 2.05) is 20.8 Å². The van der Waals surface area contributed by atoms with Gasteiger partial charge < -0.3 is 25.2 Å². The van der Waals surface area contributed by atoms with Crippen LogP contribution in [0.25, 0.3) is 0 Å². The fraction of sp³-hybridized carbons (Fsp3) is 0.412. The maximum Gasteiger partial charge on any atom is 0.338 e. The minimum Gasteiger partial charge on any atom is -0.504 e. The minimum atomic E-state index is -0.612. The van der Waals surface area contributed by atoms with Crippen molar-refractivity contribution in [1.82, 2.24) is 10.6 Å². The summed E-state index contributed by atoms with van der Waals surface area (Å²) in [6, 6.07) is 4.39. The van der Waals surface area contributed by atoms with E-state index in [1.54, 1.807) is 19.1 Å². The lowest BCUT2D eigenvalue weighted by atomic mass is 9.95. The zero-order valence-electron chi connectivity index (χ0n) is 14.4. The summed E-state index contributed by atoms with van der Waals surface area (Å²) in [7, 11) is 1.47. The number of ether oxygens (including phenoxy) is 2. The Hall–Kier alpha value is -2.28. The number of phenols is 1. The molecular formula is C17H22N2O4S. The fourth-order valence-electron chi connectivity index (χ4n) is 2.42. The second kappa shape index (κ2) is 6.68. The first kappa shape index (κ1) is 18.1. The molecule has 1 aromatic carbocycles. The third-order valence-corrected chi connectivity index (χ3v) is 3.64. The van der Waals surface area contributed by atoms with Gasteiger partial charge in [0.1, 0.15) is 5.60 Å². The quantitative estimate of drug-likeness (QED) is 0.571. The van der Waals surface area contributed by atoms with Crippen molar-refractivity contribution in [3.63, 3.8) is 0 Å². The standard InChI is InChI=1S/C17H22N2O4S/c1-9-13(15(21)23-17(2,3)4)14(19-16(24)18-9)10-6-7-11(20)12(8-10)22-5/h6-8,14,20H,1-5H3,(H2,18,19,24)/t14-/m0/s1. The highest BCUT2D eigenvalue weighted by atomic mass is 32.1. The Labute approximate surface area is 146 Å². The lowest BCUT2D eigenvalue weighted by molar-refractivity contribution is -0.150. The Balaban J connectivity index is 2.47. The summed E-state index contributed by atoms with van der Waals surface area (Å²) in [6.07, 6.45) is 0. The van der Waals surface area contributed by atoms with E-state index in [1.165, 1.54) is 13.2 Å². The molecule has 7 heteroatoms. The highest BCUT2D eigenvalue weighted by Crippen LogP contribution is 2.34. The number of rotatable bonds is 3. The number of hydrogen-bond donors (Lipinski definition) is 3. The summed E-state index contributed by atoms with van der Waals surface area (Å²) in [5.41, 5.74) is 1.18. The number of esters is 1. The van der Waals surface area contributed by atoms with Crippen molar-refractivity contribution in [2.45, 2.75) is 39.3 Å². The van der Waals surface area contributed by atoms with Crippen LogP contribution in [0.3, 0.4) is 0 Å². The van der Waals surface area contributed by atoms with Gasteiger partial charge in [0.25, 0.3) is 0 Å². The Morgan fingerprint density at radius 3 is 2.58 bits per heavy atom. The van der Waals surface area contributed by atoms with E-state index >= 15 is 0 Å². The van der Waals surface area contributed by atoms with Crippen LogP contribution in [0.5, 0.6) is 11.5 Å². The summed E-state index contributed by atoms with van der Waals surface area (Å²) in [5, 5.41) is 16.2. The van der Waals surface area contributed by atoms with E-state index in [9.17, 15) is 9.90 Å². The number of thiocarbonyl (C=S) groups is 1. The lowest BCUT2D eigenvalue weighted by Crippen LogP contribution is -2.45. The Kier molecular flexibility index (Phi) is 5.03. The van der Waals surface area contributed by atoms with Gasteiger partial charge in [0.2, 0.25) is 0 Å². The largest absolute Gasteiger partial charge is 0.504 e. The van der Waals surface area contributed by atoms with Gasteiger partial charge in [0, 0.05) is 5.70 Å². The highest BCUT2D eigenvalue weighted by molar-refractivity contribution is 7.80. The first-order valence-electron chi connectivity index (χ1n) is 7.51. The third kappa shape index (κ3) is 3.97. The number of nitrogens with one attached hydrogen (secondary N) is 2. The van der Waals surface area contributed by atoms with Crippen LogP contribution in [0.4, 0.5) is 0 Å². The van der Waals surface area contributed by atoms with Crippen LogP contribution in [0.2, 0.25) is 0 Å². The van der Waals surface area contributed by atoms with Gasteiger partial charge in [-0.3, -0.25) is 0 Å². The molecular weight excluding hydrogens is 328 g/mol. The number of allylic oxidation sites excluding steroid dienone is 1. The molecule has 1 heterocycles. The molecule has 0 spiro atoms. The Bertz CT molecular complexity index is 707. The van der Waals surface area contributed by atoms with E-state index < -0.39 is 17.6 Å². The summed E-state index contributed by atoms with van der Waals surface area (Å²) in [5.74, 6) is -0.0863. The molecule has 130 valence electrons. The third-order valence-electron chi connectivity index (χ3n) is 3.43. The van der Waals surface area contributed by atoms with Gasteiger partial charge in [-0.2, -0.15) is 0 Å². The van der Waals surface area contributed by atoms with E-state index in [-0.39, 0.29) is 5.75 Å². The van der Waals surface area contributed by atoms with E-state index in [4.69, 9.17) is 21.7 Å². The molecule has 6 nitrogen and oxygen atoms in total. The number of carbonyl (C=O) groups excluding carboxylic acids is 1. The minimum absolute atomic E-state index is 0.0253. The van der Waals surface area contributed by atoms with Gasteiger partial charge in [-0.05, 0) is 57.6 Å². The molecule has 0 aromatic heterocycles. The van der Waals surface area contributed by atoms with Crippen molar-refractivity contribution in [2.24, 2.45) is 0 Å². The van der Waals surface area contributed by atoms with E-state index in [2.05, 4.69) is 10.6 Å². The van der Waals surface area contributed by atoms with E-state index in [0.29, 0.717) is 22.1 Å². The zero-order chi connectivity index (χ0) is 18.1. The van der Waals surface area contributed by atoms with Crippen LogP contribution in [0, 0.1) is 0 Å². The normalized spacial score (nSPS) is 17.9. The molecule has 0 saturated heterocycles. The average Bonchev–Trinajstić information content (AvgIpc) is 2.44. The molecule has 0 saturated carbocycles. The summed E-state index contributed by atoms with van der Waals surface area (Å²) in [4.78, 5) is 12.7. The molecule has 2 rings (SSSR count). The van der Waals surface area contributed by atoms with Gasteiger partial charge >= 0.3 is 5.97 Å².